The van der Waals surface area contributed by atoms with E-state index in [4.69, 9.17) is 0 Å². The van der Waals surface area contributed by atoms with Crippen molar-refractivity contribution in [2.45, 2.75) is 32.2 Å². The van der Waals surface area contributed by atoms with Crippen molar-refractivity contribution in [3.63, 3.8) is 0 Å². The van der Waals surface area contributed by atoms with Crippen LogP contribution in [0.25, 0.3) is 10.9 Å². The first-order valence-electron chi connectivity index (χ1n) is 7.20. The maximum atomic E-state index is 13.1. The smallest absolute Gasteiger partial charge is 0.261 e. The summed E-state index contributed by atoms with van der Waals surface area (Å²) in [5.74, 6) is -2.48. The molecule has 0 atom stereocenters. The zero-order valence-electron chi connectivity index (χ0n) is 11.8. The number of hydrogen-bond donors (Lipinski definition) is 0. The molecule has 3 rings (SSSR count). The Bertz CT molecular complexity index is 604. The van der Waals surface area contributed by atoms with E-state index < -0.39 is 5.92 Å². The van der Waals surface area contributed by atoms with E-state index in [1.807, 2.05) is 17.0 Å². The number of halogens is 2. The van der Waals surface area contributed by atoms with Crippen molar-refractivity contribution in [3.8, 4) is 0 Å². The summed E-state index contributed by atoms with van der Waals surface area (Å²) in [6.45, 7) is 4.20. The summed E-state index contributed by atoms with van der Waals surface area (Å²) in [4.78, 5) is 1.87. The van der Waals surface area contributed by atoms with Gasteiger partial charge >= 0.3 is 0 Å². The Labute approximate surface area is 118 Å². The predicted molar refractivity (Wildman–Crippen MR) is 77.3 cm³/mol. The lowest BCUT2D eigenvalue weighted by Crippen LogP contribution is -2.26. The molecule has 1 saturated heterocycles. The monoisotopic (exact) mass is 278 g/mol. The number of nitrogens with zero attached hydrogens (tertiary/aromatic N) is 2. The van der Waals surface area contributed by atoms with E-state index in [1.165, 1.54) is 16.5 Å². The van der Waals surface area contributed by atoms with Crippen molar-refractivity contribution in [2.75, 3.05) is 19.6 Å². The lowest BCUT2D eigenvalue weighted by Gasteiger charge is -2.15. The zero-order chi connectivity index (χ0) is 14.2. The van der Waals surface area contributed by atoms with E-state index in [2.05, 4.69) is 29.8 Å². The number of fused-ring (bicyclic) bond motifs is 1. The van der Waals surface area contributed by atoms with Crippen molar-refractivity contribution < 1.29 is 8.78 Å². The number of para-hydroxylation sites is 1. The average Bonchev–Trinajstić information content (AvgIpc) is 2.92. The van der Waals surface area contributed by atoms with Crippen LogP contribution in [0.15, 0.2) is 30.5 Å². The minimum atomic E-state index is -2.48. The van der Waals surface area contributed by atoms with Crippen molar-refractivity contribution in [1.29, 1.82) is 0 Å². The quantitative estimate of drug-likeness (QED) is 0.828. The second-order valence-corrected chi connectivity index (χ2v) is 5.76. The number of alkyl halides is 2. The van der Waals surface area contributed by atoms with Crippen molar-refractivity contribution in [1.82, 2.24) is 9.47 Å². The van der Waals surface area contributed by atoms with Crippen LogP contribution in [-0.2, 0) is 6.54 Å². The molecule has 0 saturated carbocycles. The third-order valence-electron chi connectivity index (χ3n) is 4.11. The fraction of sp³-hybridized carbons (Fsp3) is 0.500. The van der Waals surface area contributed by atoms with E-state index in [-0.39, 0.29) is 13.0 Å². The molecule has 2 nitrogen and oxygen atoms in total. The highest BCUT2D eigenvalue weighted by atomic mass is 19.3. The molecule has 0 spiro atoms. The van der Waals surface area contributed by atoms with Crippen LogP contribution in [0.1, 0.15) is 18.4 Å². The van der Waals surface area contributed by atoms with Gasteiger partial charge in [0.1, 0.15) is 0 Å². The van der Waals surface area contributed by atoms with Crippen LogP contribution >= 0.6 is 0 Å². The number of aryl methyl sites for hydroxylation is 2. The minimum absolute atomic E-state index is 0.0125. The number of aromatic nitrogens is 1. The summed E-state index contributed by atoms with van der Waals surface area (Å²) in [7, 11) is 0. The Morgan fingerprint density at radius 1 is 1.20 bits per heavy atom. The molecule has 2 aromatic rings. The highest BCUT2D eigenvalue weighted by Crippen LogP contribution is 2.27. The highest BCUT2D eigenvalue weighted by molar-refractivity contribution is 5.83. The summed E-state index contributed by atoms with van der Waals surface area (Å²) in [6, 6.07) is 8.33. The standard InChI is InChI=1S/C16H20F2N2/c1-13-11-20(15-6-3-2-5-14(13)15)9-4-8-19-10-7-16(17,18)12-19/h2-3,5-6,11H,4,7-10,12H2,1H3. The molecule has 0 unspecified atom stereocenters. The Morgan fingerprint density at radius 2 is 2.00 bits per heavy atom. The third kappa shape index (κ3) is 2.70. The molecule has 2 heterocycles. The first-order chi connectivity index (χ1) is 9.55. The van der Waals surface area contributed by atoms with Gasteiger partial charge < -0.3 is 4.57 Å². The van der Waals surface area contributed by atoms with E-state index in [1.54, 1.807) is 0 Å². The largest absolute Gasteiger partial charge is 0.347 e. The van der Waals surface area contributed by atoms with Crippen LogP contribution in [0.4, 0.5) is 8.78 Å². The van der Waals surface area contributed by atoms with E-state index in [0.717, 1.165) is 19.5 Å². The normalized spacial score (nSPS) is 18.9. The first-order valence-corrected chi connectivity index (χ1v) is 7.20. The van der Waals surface area contributed by atoms with Gasteiger partial charge in [0, 0.05) is 43.2 Å². The Balaban J connectivity index is 1.61. The van der Waals surface area contributed by atoms with E-state index >= 15 is 0 Å². The van der Waals surface area contributed by atoms with Crippen LogP contribution < -0.4 is 0 Å². The maximum absolute atomic E-state index is 13.1. The average molecular weight is 278 g/mol. The first kappa shape index (κ1) is 13.6. The molecule has 1 aromatic heterocycles. The van der Waals surface area contributed by atoms with Crippen molar-refractivity contribution in [3.05, 3.63) is 36.0 Å². The molecule has 20 heavy (non-hydrogen) atoms. The minimum Gasteiger partial charge on any atom is -0.347 e. The van der Waals surface area contributed by atoms with Gasteiger partial charge in [-0.3, -0.25) is 4.90 Å². The van der Waals surface area contributed by atoms with Gasteiger partial charge in [-0.1, -0.05) is 18.2 Å². The fourth-order valence-electron chi connectivity index (χ4n) is 3.08. The van der Waals surface area contributed by atoms with Gasteiger partial charge in [-0.25, -0.2) is 8.78 Å². The molecule has 1 aromatic carbocycles. The van der Waals surface area contributed by atoms with Gasteiger partial charge in [-0.15, -0.1) is 0 Å². The van der Waals surface area contributed by atoms with Crippen LogP contribution in [0.3, 0.4) is 0 Å². The maximum Gasteiger partial charge on any atom is 0.261 e. The van der Waals surface area contributed by atoms with Crippen molar-refractivity contribution >= 4 is 10.9 Å². The molecule has 0 bridgehead atoms. The number of benzene rings is 1. The molecule has 108 valence electrons. The Morgan fingerprint density at radius 3 is 2.75 bits per heavy atom. The number of likely N-dealkylation sites (tertiary alicyclic amines) is 1. The Kier molecular flexibility index (Phi) is 3.50. The van der Waals surface area contributed by atoms with Gasteiger partial charge in [0.2, 0.25) is 0 Å². The van der Waals surface area contributed by atoms with E-state index in [9.17, 15) is 8.78 Å². The van der Waals surface area contributed by atoms with Crippen molar-refractivity contribution in [2.24, 2.45) is 0 Å². The molecule has 0 radical (unpaired) electrons. The molecule has 1 fully saturated rings. The van der Waals surface area contributed by atoms with Gasteiger partial charge in [-0.05, 0) is 25.0 Å². The predicted octanol–water partition coefficient (Wildman–Crippen LogP) is 3.68. The van der Waals surface area contributed by atoms with Gasteiger partial charge in [0.25, 0.3) is 5.92 Å². The second kappa shape index (κ2) is 5.17. The number of rotatable bonds is 4. The van der Waals surface area contributed by atoms with Crippen LogP contribution in [0.5, 0.6) is 0 Å². The van der Waals surface area contributed by atoms with Gasteiger partial charge in [0.15, 0.2) is 0 Å². The SMILES string of the molecule is Cc1cn(CCCN2CCC(F)(F)C2)c2ccccc12. The fourth-order valence-corrected chi connectivity index (χ4v) is 3.08. The molecule has 0 aliphatic carbocycles. The van der Waals surface area contributed by atoms with Crippen LogP contribution in [0.2, 0.25) is 0 Å². The molecule has 4 heteroatoms. The molecule has 0 amide bonds. The Hall–Kier alpha value is -1.42. The summed E-state index contributed by atoms with van der Waals surface area (Å²) < 4.78 is 28.5. The molecule has 0 N–H and O–H groups in total. The lowest BCUT2D eigenvalue weighted by molar-refractivity contribution is 0.0121. The van der Waals surface area contributed by atoms with E-state index in [0.29, 0.717) is 6.54 Å². The molecule has 1 aliphatic rings. The molecular formula is C16H20F2N2. The van der Waals surface area contributed by atoms with Crippen LogP contribution in [0, 0.1) is 6.92 Å². The van der Waals surface area contributed by atoms with Gasteiger partial charge in [0.05, 0.1) is 6.54 Å². The summed E-state index contributed by atoms with van der Waals surface area (Å²) in [6.07, 6.45) is 3.08. The lowest BCUT2D eigenvalue weighted by atomic mass is 10.2. The third-order valence-corrected chi connectivity index (χ3v) is 4.11. The summed E-state index contributed by atoms with van der Waals surface area (Å²) >= 11 is 0. The summed E-state index contributed by atoms with van der Waals surface area (Å²) in [5, 5.41) is 1.28. The topological polar surface area (TPSA) is 8.17 Å². The zero-order valence-corrected chi connectivity index (χ0v) is 11.8. The second-order valence-electron chi connectivity index (χ2n) is 5.76. The number of hydrogen-bond acceptors (Lipinski definition) is 1. The van der Waals surface area contributed by atoms with Gasteiger partial charge in [-0.2, -0.15) is 0 Å². The molecule has 1 aliphatic heterocycles. The summed E-state index contributed by atoms with van der Waals surface area (Å²) in [5.41, 5.74) is 2.50. The highest BCUT2D eigenvalue weighted by Gasteiger charge is 2.37. The molecular weight excluding hydrogens is 258 g/mol. The van der Waals surface area contributed by atoms with Crippen LogP contribution in [-0.4, -0.2) is 35.0 Å².